The average molecular weight is 289 g/mol. The lowest BCUT2D eigenvalue weighted by Gasteiger charge is -2.17. The Bertz CT molecular complexity index is 610. The number of carbonyl (C=O) groups excluding carboxylic acids is 1. The summed E-state index contributed by atoms with van der Waals surface area (Å²) in [6.45, 7) is 3.71. The van der Waals surface area contributed by atoms with Gasteiger partial charge in [-0.1, -0.05) is 18.1 Å². The molecule has 1 aromatic heterocycles. The molecule has 1 aromatic carbocycles. The zero-order valence-electron chi connectivity index (χ0n) is 12.3. The van der Waals surface area contributed by atoms with Crippen molar-refractivity contribution in [2.75, 3.05) is 17.7 Å². The molecule has 0 aliphatic rings. The van der Waals surface area contributed by atoms with E-state index in [-0.39, 0.29) is 11.9 Å². The number of carbonyl (C=O) groups is 1. The van der Waals surface area contributed by atoms with Gasteiger partial charge < -0.3 is 19.9 Å². The van der Waals surface area contributed by atoms with Crippen molar-refractivity contribution >= 4 is 17.4 Å². The number of nitrogens with zero attached hydrogens (tertiary/aromatic N) is 1. The van der Waals surface area contributed by atoms with E-state index in [1.807, 2.05) is 31.2 Å². The summed E-state index contributed by atoms with van der Waals surface area (Å²) in [6, 6.07) is 8.76. The Morgan fingerprint density at radius 2 is 2.24 bits per heavy atom. The molecule has 0 saturated carbocycles. The number of rotatable bonds is 6. The molecule has 2 N–H and O–H groups in total. The molecule has 0 radical (unpaired) electrons. The van der Waals surface area contributed by atoms with Crippen LogP contribution in [0.3, 0.4) is 0 Å². The maximum atomic E-state index is 12.2. The van der Waals surface area contributed by atoms with Crippen molar-refractivity contribution in [1.29, 1.82) is 0 Å². The number of ether oxygens (including phenoxy) is 1. The Morgan fingerprint density at radius 3 is 2.86 bits per heavy atom. The third-order valence-corrected chi connectivity index (χ3v) is 3.01. The second-order valence-electron chi connectivity index (χ2n) is 4.65. The molecule has 1 heterocycles. The van der Waals surface area contributed by atoms with Gasteiger partial charge in [-0.25, -0.2) is 0 Å². The standard InChI is InChI=1S/C15H19N3O3/c1-4-13(15(19)17-14-8-10(2)21-18-14)16-11-6-5-7-12(9-11)20-3/h5-9,13,16H,4H2,1-3H3,(H,17,18,19). The number of nitrogens with one attached hydrogen (secondary N) is 2. The molecule has 0 spiro atoms. The van der Waals surface area contributed by atoms with Gasteiger partial charge in [-0.15, -0.1) is 0 Å². The van der Waals surface area contributed by atoms with Crippen LogP contribution in [0.1, 0.15) is 19.1 Å². The van der Waals surface area contributed by atoms with Gasteiger partial charge in [0.15, 0.2) is 5.82 Å². The van der Waals surface area contributed by atoms with Gasteiger partial charge in [0.05, 0.1) is 7.11 Å². The minimum atomic E-state index is -0.367. The van der Waals surface area contributed by atoms with Crippen molar-refractivity contribution in [2.45, 2.75) is 26.3 Å². The molecule has 0 fully saturated rings. The zero-order chi connectivity index (χ0) is 15.2. The summed E-state index contributed by atoms with van der Waals surface area (Å²) >= 11 is 0. The van der Waals surface area contributed by atoms with Gasteiger partial charge in [-0.2, -0.15) is 0 Å². The fourth-order valence-electron chi connectivity index (χ4n) is 1.91. The number of anilines is 2. The molecule has 21 heavy (non-hydrogen) atoms. The molecule has 1 atom stereocenters. The predicted molar refractivity (Wildman–Crippen MR) is 80.6 cm³/mol. The number of hydrogen-bond acceptors (Lipinski definition) is 5. The lowest BCUT2D eigenvalue weighted by Crippen LogP contribution is -2.34. The van der Waals surface area contributed by atoms with Crippen molar-refractivity contribution in [1.82, 2.24) is 5.16 Å². The van der Waals surface area contributed by atoms with Gasteiger partial charge in [0.1, 0.15) is 17.6 Å². The zero-order valence-corrected chi connectivity index (χ0v) is 12.3. The average Bonchev–Trinajstić information content (AvgIpc) is 2.90. The van der Waals surface area contributed by atoms with Gasteiger partial charge in [0.25, 0.3) is 0 Å². The number of benzene rings is 1. The van der Waals surface area contributed by atoms with Gasteiger partial charge in [-0.3, -0.25) is 4.79 Å². The van der Waals surface area contributed by atoms with E-state index in [2.05, 4.69) is 15.8 Å². The number of aromatic nitrogens is 1. The number of aryl methyl sites for hydroxylation is 1. The summed E-state index contributed by atoms with van der Waals surface area (Å²) < 4.78 is 10.1. The minimum absolute atomic E-state index is 0.159. The maximum Gasteiger partial charge on any atom is 0.248 e. The Labute approximate surface area is 123 Å². The van der Waals surface area contributed by atoms with Crippen LogP contribution in [0.5, 0.6) is 5.75 Å². The predicted octanol–water partition coefficient (Wildman–Crippen LogP) is 2.82. The van der Waals surface area contributed by atoms with Crippen LogP contribution < -0.4 is 15.4 Å². The molecule has 0 aliphatic heterocycles. The topological polar surface area (TPSA) is 76.4 Å². The summed E-state index contributed by atoms with van der Waals surface area (Å²) in [5.74, 6) is 1.65. The van der Waals surface area contributed by atoms with Crippen LogP contribution in [0.4, 0.5) is 11.5 Å². The SMILES string of the molecule is CCC(Nc1cccc(OC)c1)C(=O)Nc1cc(C)on1. The van der Waals surface area contributed by atoms with Crippen LogP contribution in [0.2, 0.25) is 0 Å². The van der Waals surface area contributed by atoms with Crippen molar-refractivity contribution in [2.24, 2.45) is 0 Å². The molecule has 1 unspecified atom stereocenters. The smallest absolute Gasteiger partial charge is 0.248 e. The molecule has 0 saturated heterocycles. The fourth-order valence-corrected chi connectivity index (χ4v) is 1.91. The Kier molecular flexibility index (Phi) is 4.81. The Morgan fingerprint density at radius 1 is 1.43 bits per heavy atom. The Balaban J connectivity index is 2.02. The van der Waals surface area contributed by atoms with E-state index in [0.717, 1.165) is 11.4 Å². The highest BCUT2D eigenvalue weighted by atomic mass is 16.5. The van der Waals surface area contributed by atoms with Crippen LogP contribution in [0.15, 0.2) is 34.9 Å². The minimum Gasteiger partial charge on any atom is -0.497 e. The van der Waals surface area contributed by atoms with E-state index in [0.29, 0.717) is 18.0 Å². The molecule has 6 nitrogen and oxygen atoms in total. The van der Waals surface area contributed by atoms with Crippen molar-refractivity contribution < 1.29 is 14.1 Å². The van der Waals surface area contributed by atoms with E-state index in [4.69, 9.17) is 9.26 Å². The van der Waals surface area contributed by atoms with Gasteiger partial charge in [-0.05, 0) is 25.5 Å². The van der Waals surface area contributed by atoms with E-state index in [9.17, 15) is 4.79 Å². The second-order valence-corrected chi connectivity index (χ2v) is 4.65. The molecule has 0 aliphatic carbocycles. The van der Waals surface area contributed by atoms with Crippen molar-refractivity contribution in [3.63, 3.8) is 0 Å². The van der Waals surface area contributed by atoms with Crippen LogP contribution in [-0.2, 0) is 4.79 Å². The summed E-state index contributed by atoms with van der Waals surface area (Å²) in [6.07, 6.45) is 0.639. The summed E-state index contributed by atoms with van der Waals surface area (Å²) in [5, 5.41) is 9.66. The maximum absolute atomic E-state index is 12.2. The molecular weight excluding hydrogens is 270 g/mol. The first kappa shape index (κ1) is 14.9. The first-order valence-corrected chi connectivity index (χ1v) is 6.77. The molecule has 2 aromatic rings. The number of hydrogen-bond donors (Lipinski definition) is 2. The van der Waals surface area contributed by atoms with Crippen LogP contribution in [0, 0.1) is 6.92 Å². The normalized spacial score (nSPS) is 11.8. The lowest BCUT2D eigenvalue weighted by atomic mass is 10.2. The van der Waals surface area contributed by atoms with Gasteiger partial charge in [0, 0.05) is 17.8 Å². The van der Waals surface area contributed by atoms with Gasteiger partial charge in [0.2, 0.25) is 5.91 Å². The molecule has 112 valence electrons. The summed E-state index contributed by atoms with van der Waals surface area (Å²) in [5.41, 5.74) is 0.827. The molecule has 2 rings (SSSR count). The second kappa shape index (κ2) is 6.78. The summed E-state index contributed by atoms with van der Waals surface area (Å²) in [4.78, 5) is 12.2. The van der Waals surface area contributed by atoms with Crippen LogP contribution in [0.25, 0.3) is 0 Å². The molecule has 6 heteroatoms. The van der Waals surface area contributed by atoms with E-state index >= 15 is 0 Å². The highest BCUT2D eigenvalue weighted by Gasteiger charge is 2.17. The van der Waals surface area contributed by atoms with E-state index in [1.165, 1.54) is 0 Å². The van der Waals surface area contributed by atoms with Crippen molar-refractivity contribution in [3.8, 4) is 5.75 Å². The number of amides is 1. The first-order chi connectivity index (χ1) is 10.1. The molecule has 0 bridgehead atoms. The van der Waals surface area contributed by atoms with Crippen LogP contribution in [-0.4, -0.2) is 24.2 Å². The number of methoxy groups -OCH3 is 1. The van der Waals surface area contributed by atoms with Gasteiger partial charge >= 0.3 is 0 Å². The monoisotopic (exact) mass is 289 g/mol. The summed E-state index contributed by atoms with van der Waals surface area (Å²) in [7, 11) is 1.61. The van der Waals surface area contributed by atoms with Crippen LogP contribution >= 0.6 is 0 Å². The Hall–Kier alpha value is -2.50. The molecule has 1 amide bonds. The first-order valence-electron chi connectivity index (χ1n) is 6.77. The highest BCUT2D eigenvalue weighted by Crippen LogP contribution is 2.18. The third-order valence-electron chi connectivity index (χ3n) is 3.01. The largest absolute Gasteiger partial charge is 0.497 e. The fraction of sp³-hybridized carbons (Fsp3) is 0.333. The van der Waals surface area contributed by atoms with Crippen molar-refractivity contribution in [3.05, 3.63) is 36.1 Å². The van der Waals surface area contributed by atoms with E-state index < -0.39 is 0 Å². The van der Waals surface area contributed by atoms with E-state index in [1.54, 1.807) is 20.1 Å². The lowest BCUT2D eigenvalue weighted by molar-refractivity contribution is -0.117. The highest BCUT2D eigenvalue weighted by molar-refractivity contribution is 5.95. The third kappa shape index (κ3) is 3.98. The molecular formula is C15H19N3O3. The quantitative estimate of drug-likeness (QED) is 0.855.